The van der Waals surface area contributed by atoms with E-state index >= 15 is 0 Å². The van der Waals surface area contributed by atoms with E-state index in [9.17, 15) is 0 Å². The van der Waals surface area contributed by atoms with Crippen molar-refractivity contribution >= 4 is 54.1 Å². The van der Waals surface area contributed by atoms with Crippen LogP contribution in [0.4, 0.5) is 0 Å². The SMILES string of the molecule is c1ccc(-c2nc(-c3ccccc3)nc(-n3c4ccc(-c5ccc6ccccc6c5)cc4c4c5cc6ccccc6cc5ccc43)n2)cc1. The van der Waals surface area contributed by atoms with Gasteiger partial charge in [-0.3, -0.25) is 4.57 Å². The number of hydrogen-bond donors (Lipinski definition) is 0. The Bertz CT molecular complexity index is 2820. The molecule has 2 aromatic heterocycles. The summed E-state index contributed by atoms with van der Waals surface area (Å²) in [5.41, 5.74) is 6.34. The molecule has 10 aromatic rings. The zero-order valence-electron chi connectivity index (χ0n) is 26.5. The summed E-state index contributed by atoms with van der Waals surface area (Å²) < 4.78 is 2.21. The number of rotatable bonds is 4. The monoisotopic (exact) mass is 624 g/mol. The van der Waals surface area contributed by atoms with Gasteiger partial charge in [0.05, 0.1) is 11.0 Å². The molecule has 4 heteroatoms. The van der Waals surface area contributed by atoms with Gasteiger partial charge in [-0.15, -0.1) is 0 Å². The fourth-order valence-corrected chi connectivity index (χ4v) is 7.19. The van der Waals surface area contributed by atoms with E-state index in [0.717, 1.165) is 27.5 Å². The predicted octanol–water partition coefficient (Wildman–Crippen LogP) is 11.4. The van der Waals surface area contributed by atoms with E-state index < -0.39 is 0 Å². The number of fused-ring (bicyclic) bond motifs is 7. The lowest BCUT2D eigenvalue weighted by Crippen LogP contribution is -2.06. The molecule has 0 aliphatic rings. The first-order valence-electron chi connectivity index (χ1n) is 16.5. The number of aromatic nitrogens is 4. The van der Waals surface area contributed by atoms with Crippen LogP contribution in [-0.2, 0) is 0 Å². The highest BCUT2D eigenvalue weighted by molar-refractivity contribution is 6.23. The molecule has 0 aliphatic heterocycles. The molecule has 4 nitrogen and oxygen atoms in total. The Hall–Kier alpha value is -6.65. The van der Waals surface area contributed by atoms with E-state index in [0.29, 0.717) is 17.6 Å². The van der Waals surface area contributed by atoms with Gasteiger partial charge in [-0.1, -0.05) is 133 Å². The van der Waals surface area contributed by atoms with Crippen LogP contribution in [-0.4, -0.2) is 19.5 Å². The van der Waals surface area contributed by atoms with Crippen molar-refractivity contribution in [2.24, 2.45) is 0 Å². The molecule has 0 amide bonds. The van der Waals surface area contributed by atoms with Gasteiger partial charge in [-0.2, -0.15) is 9.97 Å². The minimum atomic E-state index is 0.589. The van der Waals surface area contributed by atoms with Gasteiger partial charge in [-0.25, -0.2) is 4.98 Å². The molecule has 0 bridgehead atoms. The van der Waals surface area contributed by atoms with E-state index in [1.807, 2.05) is 60.7 Å². The zero-order valence-corrected chi connectivity index (χ0v) is 26.5. The third-order valence-electron chi connectivity index (χ3n) is 9.58. The largest absolute Gasteiger partial charge is 0.278 e. The molecular weight excluding hydrogens is 597 g/mol. The second-order valence-electron chi connectivity index (χ2n) is 12.5. The lowest BCUT2D eigenvalue weighted by molar-refractivity contribution is 0.953. The van der Waals surface area contributed by atoms with Gasteiger partial charge in [0.2, 0.25) is 5.95 Å². The van der Waals surface area contributed by atoms with Crippen LogP contribution in [0.5, 0.6) is 0 Å². The predicted molar refractivity (Wildman–Crippen MR) is 203 cm³/mol. The Balaban J connectivity index is 1.30. The molecular formula is C45H28N4. The third-order valence-corrected chi connectivity index (χ3v) is 9.58. The van der Waals surface area contributed by atoms with Gasteiger partial charge >= 0.3 is 0 Å². The van der Waals surface area contributed by atoms with Crippen LogP contribution in [0, 0.1) is 0 Å². The van der Waals surface area contributed by atoms with Gasteiger partial charge < -0.3 is 0 Å². The summed E-state index contributed by atoms with van der Waals surface area (Å²) in [5, 5.41) is 9.66. The first-order valence-corrected chi connectivity index (χ1v) is 16.5. The lowest BCUT2D eigenvalue weighted by Gasteiger charge is -2.11. The average molecular weight is 625 g/mol. The fraction of sp³-hybridized carbons (Fsp3) is 0. The molecule has 0 radical (unpaired) electrons. The highest BCUT2D eigenvalue weighted by atomic mass is 15.2. The standard InChI is InChI=1S/C45H28N4/c1-3-12-30(13-4-1)43-46-44(31-14-5-2-6-15-31)48-45(47-43)49-40-23-21-36(35-20-19-29-11-7-8-16-32(29)25-35)28-39(40)42-38-27-34-18-10-9-17-33(34)26-37(38)22-24-41(42)49/h1-28H. The van der Waals surface area contributed by atoms with Gasteiger partial charge in [0, 0.05) is 21.9 Å². The molecule has 0 spiro atoms. The van der Waals surface area contributed by atoms with E-state index in [-0.39, 0.29) is 0 Å². The van der Waals surface area contributed by atoms with E-state index in [1.54, 1.807) is 0 Å². The molecule has 49 heavy (non-hydrogen) atoms. The van der Waals surface area contributed by atoms with Crippen LogP contribution in [0.2, 0.25) is 0 Å². The second kappa shape index (κ2) is 11.0. The van der Waals surface area contributed by atoms with Crippen LogP contribution < -0.4 is 0 Å². The molecule has 2 heterocycles. The Kier molecular flexibility index (Phi) is 6.15. The average Bonchev–Trinajstić information content (AvgIpc) is 3.51. The van der Waals surface area contributed by atoms with Crippen molar-refractivity contribution in [3.63, 3.8) is 0 Å². The summed E-state index contributed by atoms with van der Waals surface area (Å²) in [7, 11) is 0. The molecule has 0 fully saturated rings. The minimum Gasteiger partial charge on any atom is -0.278 e. The van der Waals surface area contributed by atoms with Crippen LogP contribution in [0.15, 0.2) is 170 Å². The van der Waals surface area contributed by atoms with Crippen molar-refractivity contribution in [3.8, 4) is 39.9 Å². The molecule has 0 saturated heterocycles. The Morgan fingerprint density at radius 2 is 0.857 bits per heavy atom. The fourth-order valence-electron chi connectivity index (χ4n) is 7.19. The summed E-state index contributed by atoms with van der Waals surface area (Å²) >= 11 is 0. The molecule has 0 atom stereocenters. The Morgan fingerprint density at radius 1 is 0.327 bits per heavy atom. The smallest absolute Gasteiger partial charge is 0.238 e. The second-order valence-corrected chi connectivity index (χ2v) is 12.5. The van der Waals surface area contributed by atoms with Gasteiger partial charge in [0.15, 0.2) is 11.6 Å². The maximum atomic E-state index is 5.16. The molecule has 0 aliphatic carbocycles. The van der Waals surface area contributed by atoms with E-state index in [2.05, 4.69) is 114 Å². The summed E-state index contributed by atoms with van der Waals surface area (Å²) in [6.07, 6.45) is 0. The summed E-state index contributed by atoms with van der Waals surface area (Å²) in [6, 6.07) is 60.0. The summed E-state index contributed by atoms with van der Waals surface area (Å²) in [6.45, 7) is 0. The number of benzene rings is 8. The van der Waals surface area contributed by atoms with Crippen molar-refractivity contribution in [1.29, 1.82) is 0 Å². The Morgan fingerprint density at radius 3 is 1.55 bits per heavy atom. The maximum absolute atomic E-state index is 5.16. The highest BCUT2D eigenvalue weighted by Crippen LogP contribution is 2.40. The van der Waals surface area contributed by atoms with Crippen molar-refractivity contribution in [2.45, 2.75) is 0 Å². The topological polar surface area (TPSA) is 43.6 Å². The first-order chi connectivity index (χ1) is 24.3. The molecule has 0 saturated carbocycles. The Labute approximate surface area is 282 Å². The summed E-state index contributed by atoms with van der Waals surface area (Å²) in [4.78, 5) is 15.3. The van der Waals surface area contributed by atoms with Gasteiger partial charge in [0.1, 0.15) is 0 Å². The highest BCUT2D eigenvalue weighted by Gasteiger charge is 2.20. The number of nitrogens with zero attached hydrogens (tertiary/aromatic N) is 4. The van der Waals surface area contributed by atoms with Crippen molar-refractivity contribution in [3.05, 3.63) is 170 Å². The zero-order chi connectivity index (χ0) is 32.3. The molecule has 0 unspecified atom stereocenters. The molecule has 0 N–H and O–H groups in total. The lowest BCUT2D eigenvalue weighted by atomic mass is 9.97. The van der Waals surface area contributed by atoms with E-state index in [1.165, 1.54) is 48.8 Å². The normalized spacial score (nSPS) is 11.7. The van der Waals surface area contributed by atoms with E-state index in [4.69, 9.17) is 15.0 Å². The van der Waals surface area contributed by atoms with Gasteiger partial charge in [-0.05, 0) is 79.8 Å². The van der Waals surface area contributed by atoms with Crippen LogP contribution in [0.1, 0.15) is 0 Å². The number of hydrogen-bond acceptors (Lipinski definition) is 3. The third kappa shape index (κ3) is 4.57. The maximum Gasteiger partial charge on any atom is 0.238 e. The van der Waals surface area contributed by atoms with Crippen LogP contribution in [0.25, 0.3) is 94.0 Å². The molecule has 10 rings (SSSR count). The van der Waals surface area contributed by atoms with Gasteiger partial charge in [0.25, 0.3) is 0 Å². The minimum absolute atomic E-state index is 0.589. The van der Waals surface area contributed by atoms with Crippen molar-refractivity contribution in [2.75, 3.05) is 0 Å². The quantitative estimate of drug-likeness (QED) is 0.183. The first kappa shape index (κ1) is 27.5. The van der Waals surface area contributed by atoms with Crippen LogP contribution >= 0.6 is 0 Å². The van der Waals surface area contributed by atoms with Crippen molar-refractivity contribution in [1.82, 2.24) is 19.5 Å². The summed E-state index contributed by atoms with van der Waals surface area (Å²) in [5.74, 6) is 1.87. The van der Waals surface area contributed by atoms with Crippen LogP contribution in [0.3, 0.4) is 0 Å². The molecule has 8 aromatic carbocycles. The van der Waals surface area contributed by atoms with Crippen molar-refractivity contribution < 1.29 is 0 Å². The molecule has 228 valence electrons.